The number of alkyl halides is 1. The third kappa shape index (κ3) is 4.33. The average molecular weight is 387 g/mol. The molecule has 0 heterocycles. The zero-order valence-electron chi connectivity index (χ0n) is 13.9. The van der Waals surface area contributed by atoms with E-state index in [9.17, 15) is 0 Å². The van der Waals surface area contributed by atoms with E-state index in [-0.39, 0.29) is 12.4 Å². The lowest BCUT2D eigenvalue weighted by Gasteiger charge is -2.26. The number of allylic oxidation sites excluding steroid dienone is 2. The Bertz CT molecular complexity index is 674. The Morgan fingerprint density at radius 2 is 0.960 bits per heavy atom. The van der Waals surface area contributed by atoms with Crippen molar-refractivity contribution in [3.63, 3.8) is 0 Å². The molecular weight excluding hydrogens is 366 g/mol. The number of hydrogen-bond acceptors (Lipinski definition) is 0. The topological polar surface area (TPSA) is 0 Å². The van der Waals surface area contributed by atoms with Gasteiger partial charge in [0.15, 0.2) is 0 Å². The van der Waals surface area contributed by atoms with Gasteiger partial charge in [-0.3, -0.25) is 0 Å². The van der Waals surface area contributed by atoms with Crippen molar-refractivity contribution in [2.75, 3.05) is 12.0 Å². The van der Waals surface area contributed by atoms with E-state index in [4.69, 9.17) is 11.6 Å². The van der Waals surface area contributed by atoms with E-state index < -0.39 is 7.26 Å². The Labute approximate surface area is 162 Å². The van der Waals surface area contributed by atoms with E-state index in [0.717, 1.165) is 6.16 Å². The molecule has 25 heavy (non-hydrogen) atoms. The summed E-state index contributed by atoms with van der Waals surface area (Å²) in [5, 5.41) is 4.21. The van der Waals surface area contributed by atoms with Crippen molar-refractivity contribution in [1.29, 1.82) is 0 Å². The smallest absolute Gasteiger partial charge is 0.115 e. The van der Waals surface area contributed by atoms with Gasteiger partial charge in [-0.2, -0.15) is 0 Å². The first kappa shape index (κ1) is 19.7. The standard InChI is InChI=1S/C22H21ClP.ClH/c23-18-10-11-19-24(20-12-4-1-5-13-20,21-14-6-2-7-15-21)22-16-8-3-9-17-22;/h1-17H,18-19H2;1H/q+1;/p-1/b11-10+;. The second-order valence-corrected chi connectivity index (χ2v) is 9.47. The fraction of sp³-hybridized carbons (Fsp3) is 0.0909. The molecule has 0 aromatic heterocycles. The summed E-state index contributed by atoms with van der Waals surface area (Å²) < 4.78 is 0. The molecule has 0 spiro atoms. The molecule has 0 nitrogen and oxygen atoms in total. The SMILES string of the molecule is ClC/C=C/C[P+](c1ccccc1)(c1ccccc1)c1ccccc1.[Cl-]. The largest absolute Gasteiger partial charge is 1.00 e. The lowest BCUT2D eigenvalue weighted by Crippen LogP contribution is -3.00. The van der Waals surface area contributed by atoms with E-state index in [1.54, 1.807) is 0 Å². The Kier molecular flexibility index (Phi) is 7.72. The molecule has 3 rings (SSSR count). The highest BCUT2D eigenvalue weighted by Crippen LogP contribution is 2.55. The van der Waals surface area contributed by atoms with Crippen LogP contribution in [0.25, 0.3) is 0 Å². The summed E-state index contributed by atoms with van der Waals surface area (Å²) in [5.41, 5.74) is 0. The quantitative estimate of drug-likeness (QED) is 0.344. The van der Waals surface area contributed by atoms with Crippen LogP contribution in [-0.2, 0) is 0 Å². The van der Waals surface area contributed by atoms with Crippen molar-refractivity contribution in [2.24, 2.45) is 0 Å². The molecule has 0 unspecified atom stereocenters. The Morgan fingerprint density at radius 1 is 0.600 bits per heavy atom. The molecule has 0 atom stereocenters. The maximum absolute atomic E-state index is 5.89. The molecule has 3 aromatic rings. The summed E-state index contributed by atoms with van der Waals surface area (Å²) in [4.78, 5) is 0. The average Bonchev–Trinajstić information content (AvgIpc) is 2.68. The van der Waals surface area contributed by atoms with E-state index in [0.29, 0.717) is 5.88 Å². The summed E-state index contributed by atoms with van der Waals surface area (Å²) in [7, 11) is -1.73. The van der Waals surface area contributed by atoms with Crippen LogP contribution in [0.2, 0.25) is 0 Å². The van der Waals surface area contributed by atoms with Gasteiger partial charge < -0.3 is 12.4 Å². The second-order valence-electron chi connectivity index (χ2n) is 5.62. The molecule has 0 N–H and O–H groups in total. The normalized spacial score (nSPS) is 11.2. The minimum absolute atomic E-state index is 0. The van der Waals surface area contributed by atoms with Crippen molar-refractivity contribution in [3.8, 4) is 0 Å². The van der Waals surface area contributed by atoms with Gasteiger partial charge >= 0.3 is 0 Å². The fourth-order valence-corrected chi connectivity index (χ4v) is 7.27. The molecule has 0 saturated heterocycles. The minimum Gasteiger partial charge on any atom is -1.00 e. The maximum atomic E-state index is 5.89. The van der Waals surface area contributed by atoms with Gasteiger partial charge in [-0.1, -0.05) is 60.7 Å². The van der Waals surface area contributed by atoms with Gasteiger partial charge in [0.2, 0.25) is 0 Å². The Hall–Kier alpha value is -1.59. The van der Waals surface area contributed by atoms with Crippen molar-refractivity contribution >= 4 is 34.8 Å². The Balaban J connectivity index is 0.00000225. The van der Waals surface area contributed by atoms with E-state index in [2.05, 4.69) is 103 Å². The highest BCUT2D eigenvalue weighted by atomic mass is 35.5. The predicted molar refractivity (Wildman–Crippen MR) is 110 cm³/mol. The Morgan fingerprint density at radius 3 is 1.28 bits per heavy atom. The molecule has 0 saturated carbocycles. The summed E-state index contributed by atoms with van der Waals surface area (Å²) in [6.45, 7) is 0. The van der Waals surface area contributed by atoms with Crippen LogP contribution in [0.4, 0.5) is 0 Å². The predicted octanol–water partition coefficient (Wildman–Crippen LogP) is 1.78. The minimum atomic E-state index is -1.73. The van der Waals surface area contributed by atoms with E-state index in [1.165, 1.54) is 15.9 Å². The molecular formula is C22H21Cl2P. The van der Waals surface area contributed by atoms with Crippen LogP contribution in [0.1, 0.15) is 0 Å². The second kappa shape index (κ2) is 9.78. The summed E-state index contributed by atoms with van der Waals surface area (Å²) in [5.74, 6) is 0.554. The third-order valence-corrected chi connectivity index (χ3v) is 8.70. The molecule has 0 aliphatic heterocycles. The molecule has 128 valence electrons. The first-order chi connectivity index (χ1) is 11.9. The van der Waals surface area contributed by atoms with Crippen LogP contribution in [-0.4, -0.2) is 12.0 Å². The first-order valence-corrected chi connectivity index (χ1v) is 10.6. The van der Waals surface area contributed by atoms with Gasteiger partial charge in [0, 0.05) is 5.88 Å². The summed E-state index contributed by atoms with van der Waals surface area (Å²) >= 11 is 5.89. The first-order valence-electron chi connectivity index (χ1n) is 8.14. The molecule has 0 aliphatic rings. The number of hydrogen-bond donors (Lipinski definition) is 0. The lowest BCUT2D eigenvalue weighted by atomic mass is 10.4. The molecule has 0 radical (unpaired) electrons. The molecule has 3 heteroatoms. The highest BCUT2D eigenvalue weighted by molar-refractivity contribution is 7.95. The van der Waals surface area contributed by atoms with Crippen LogP contribution in [0.3, 0.4) is 0 Å². The van der Waals surface area contributed by atoms with E-state index >= 15 is 0 Å². The number of benzene rings is 3. The van der Waals surface area contributed by atoms with Crippen LogP contribution >= 0.6 is 18.9 Å². The molecule has 3 aromatic carbocycles. The molecule has 0 bridgehead atoms. The van der Waals surface area contributed by atoms with Crippen molar-refractivity contribution in [1.82, 2.24) is 0 Å². The fourth-order valence-electron chi connectivity index (χ4n) is 3.11. The van der Waals surface area contributed by atoms with Crippen LogP contribution in [0.15, 0.2) is 103 Å². The van der Waals surface area contributed by atoms with Gasteiger partial charge in [0.05, 0.1) is 6.16 Å². The zero-order chi connectivity index (χ0) is 16.7. The summed E-state index contributed by atoms with van der Waals surface area (Å²) in [6, 6.07) is 32.7. The molecule has 0 fully saturated rings. The van der Waals surface area contributed by atoms with Gasteiger partial charge in [-0.05, 0) is 42.5 Å². The number of halogens is 2. The third-order valence-electron chi connectivity index (χ3n) is 4.23. The molecule has 0 amide bonds. The van der Waals surface area contributed by atoms with Crippen molar-refractivity contribution in [3.05, 3.63) is 103 Å². The van der Waals surface area contributed by atoms with Gasteiger partial charge in [0.25, 0.3) is 0 Å². The van der Waals surface area contributed by atoms with Crippen LogP contribution < -0.4 is 28.3 Å². The number of rotatable bonds is 6. The van der Waals surface area contributed by atoms with Crippen molar-refractivity contribution < 1.29 is 12.4 Å². The van der Waals surface area contributed by atoms with Crippen molar-refractivity contribution in [2.45, 2.75) is 0 Å². The highest BCUT2D eigenvalue weighted by Gasteiger charge is 2.43. The maximum Gasteiger partial charge on any atom is 0.115 e. The van der Waals surface area contributed by atoms with Crippen LogP contribution in [0.5, 0.6) is 0 Å². The lowest BCUT2D eigenvalue weighted by molar-refractivity contribution is -0.00000456. The summed E-state index contributed by atoms with van der Waals surface area (Å²) in [6.07, 6.45) is 5.29. The van der Waals surface area contributed by atoms with Crippen LogP contribution in [0, 0.1) is 0 Å². The van der Waals surface area contributed by atoms with Gasteiger partial charge in [0.1, 0.15) is 23.2 Å². The molecule has 0 aliphatic carbocycles. The zero-order valence-corrected chi connectivity index (χ0v) is 16.3. The monoisotopic (exact) mass is 386 g/mol. The van der Waals surface area contributed by atoms with Gasteiger partial charge in [-0.25, -0.2) is 0 Å². The van der Waals surface area contributed by atoms with E-state index in [1.807, 2.05) is 0 Å². The van der Waals surface area contributed by atoms with Gasteiger partial charge in [-0.15, -0.1) is 11.6 Å².